The standard InChI is InChI=1S/C19H14N2O2/c22-19(23)14-5-4-13-7-9-21(12-16(13)10-14)18-3-1-2-15-11-20-8-6-17(15)18/h1-11H,12H2,(H,22,23). The first-order valence-corrected chi connectivity index (χ1v) is 7.36. The normalized spacial score (nSPS) is 13.1. The summed E-state index contributed by atoms with van der Waals surface area (Å²) in [6, 6.07) is 13.4. The summed E-state index contributed by atoms with van der Waals surface area (Å²) >= 11 is 0. The van der Waals surface area contributed by atoms with Gasteiger partial charge in [-0.3, -0.25) is 4.98 Å². The SMILES string of the molecule is O=C(O)c1ccc2c(c1)CN(c1cccc3cnccc13)C=C2. The fraction of sp³-hybridized carbons (Fsp3) is 0.0526. The highest BCUT2D eigenvalue weighted by Gasteiger charge is 2.16. The lowest BCUT2D eigenvalue weighted by molar-refractivity contribution is 0.0696. The number of benzene rings is 2. The molecule has 1 aromatic heterocycles. The summed E-state index contributed by atoms with van der Waals surface area (Å²) in [5, 5.41) is 11.4. The number of carboxylic acid groups (broad SMARTS) is 1. The zero-order valence-electron chi connectivity index (χ0n) is 12.3. The Kier molecular flexibility index (Phi) is 3.08. The topological polar surface area (TPSA) is 53.4 Å². The Morgan fingerprint density at radius 1 is 1.17 bits per heavy atom. The third kappa shape index (κ3) is 2.34. The van der Waals surface area contributed by atoms with Crippen molar-refractivity contribution >= 4 is 28.5 Å². The van der Waals surface area contributed by atoms with E-state index in [1.54, 1.807) is 18.3 Å². The van der Waals surface area contributed by atoms with Gasteiger partial charge in [-0.1, -0.05) is 18.2 Å². The van der Waals surface area contributed by atoms with Crippen LogP contribution in [0.3, 0.4) is 0 Å². The molecule has 4 rings (SSSR count). The van der Waals surface area contributed by atoms with Crippen molar-refractivity contribution in [3.63, 3.8) is 0 Å². The van der Waals surface area contributed by atoms with Gasteiger partial charge in [0.05, 0.1) is 5.56 Å². The van der Waals surface area contributed by atoms with Gasteiger partial charge < -0.3 is 10.0 Å². The monoisotopic (exact) mass is 302 g/mol. The average Bonchev–Trinajstić information content (AvgIpc) is 2.60. The third-order valence-electron chi connectivity index (χ3n) is 4.13. The number of hydrogen-bond acceptors (Lipinski definition) is 3. The van der Waals surface area contributed by atoms with Gasteiger partial charge in [-0.25, -0.2) is 4.79 Å². The van der Waals surface area contributed by atoms with E-state index >= 15 is 0 Å². The Bertz CT molecular complexity index is 942. The molecule has 0 amide bonds. The molecule has 0 spiro atoms. The van der Waals surface area contributed by atoms with Crippen LogP contribution < -0.4 is 4.90 Å². The Hall–Kier alpha value is -3.14. The third-order valence-corrected chi connectivity index (χ3v) is 4.13. The summed E-state index contributed by atoms with van der Waals surface area (Å²) in [6.07, 6.45) is 7.70. The van der Waals surface area contributed by atoms with E-state index in [1.807, 2.05) is 42.7 Å². The molecule has 4 heteroatoms. The van der Waals surface area contributed by atoms with Crippen molar-refractivity contribution in [3.05, 3.63) is 77.7 Å². The number of carboxylic acids is 1. The smallest absolute Gasteiger partial charge is 0.335 e. The van der Waals surface area contributed by atoms with E-state index in [2.05, 4.69) is 16.0 Å². The molecular formula is C19H14N2O2. The maximum Gasteiger partial charge on any atom is 0.335 e. The zero-order chi connectivity index (χ0) is 15.8. The number of aromatic carboxylic acids is 1. The lowest BCUT2D eigenvalue weighted by atomic mass is 10.00. The predicted molar refractivity (Wildman–Crippen MR) is 90.4 cm³/mol. The maximum atomic E-state index is 11.2. The van der Waals surface area contributed by atoms with Crippen molar-refractivity contribution in [2.75, 3.05) is 4.90 Å². The molecule has 1 N–H and O–H groups in total. The highest BCUT2D eigenvalue weighted by Crippen LogP contribution is 2.31. The van der Waals surface area contributed by atoms with Crippen molar-refractivity contribution in [2.45, 2.75) is 6.54 Å². The molecule has 0 unspecified atom stereocenters. The summed E-state index contributed by atoms with van der Waals surface area (Å²) in [5.41, 5.74) is 3.49. The molecule has 0 saturated carbocycles. The van der Waals surface area contributed by atoms with Crippen LogP contribution in [0.5, 0.6) is 0 Å². The van der Waals surface area contributed by atoms with Gasteiger partial charge in [-0.2, -0.15) is 0 Å². The van der Waals surface area contributed by atoms with Gasteiger partial charge in [0.1, 0.15) is 0 Å². The van der Waals surface area contributed by atoms with Crippen LogP contribution in [0.2, 0.25) is 0 Å². The van der Waals surface area contributed by atoms with Gasteiger partial charge in [0, 0.05) is 41.6 Å². The fourth-order valence-electron chi connectivity index (χ4n) is 2.97. The summed E-state index contributed by atoms with van der Waals surface area (Å²) in [6.45, 7) is 0.647. The summed E-state index contributed by atoms with van der Waals surface area (Å²) in [7, 11) is 0. The van der Waals surface area contributed by atoms with E-state index in [0.29, 0.717) is 12.1 Å². The predicted octanol–water partition coefficient (Wildman–Crippen LogP) is 3.92. The zero-order valence-corrected chi connectivity index (χ0v) is 12.3. The molecule has 2 heterocycles. The number of hydrogen-bond donors (Lipinski definition) is 1. The van der Waals surface area contributed by atoms with Crippen LogP contribution in [-0.2, 0) is 6.54 Å². The number of fused-ring (bicyclic) bond motifs is 2. The lowest BCUT2D eigenvalue weighted by Crippen LogP contribution is -2.19. The Morgan fingerprint density at radius 2 is 2.09 bits per heavy atom. The van der Waals surface area contributed by atoms with Crippen LogP contribution in [-0.4, -0.2) is 16.1 Å². The highest BCUT2D eigenvalue weighted by molar-refractivity contribution is 5.94. The molecule has 0 saturated heterocycles. The molecule has 3 aromatic rings. The second-order valence-electron chi connectivity index (χ2n) is 5.54. The van der Waals surface area contributed by atoms with Crippen molar-refractivity contribution in [2.24, 2.45) is 0 Å². The van der Waals surface area contributed by atoms with E-state index < -0.39 is 5.97 Å². The molecule has 1 aliphatic heterocycles. The van der Waals surface area contributed by atoms with Crippen molar-refractivity contribution in [1.82, 2.24) is 4.98 Å². The van der Waals surface area contributed by atoms with E-state index in [1.165, 1.54) is 0 Å². The van der Waals surface area contributed by atoms with Crippen LogP contribution in [0, 0.1) is 0 Å². The number of aromatic nitrogens is 1. The van der Waals surface area contributed by atoms with Crippen molar-refractivity contribution < 1.29 is 9.90 Å². The first kappa shape index (κ1) is 13.5. The van der Waals surface area contributed by atoms with E-state index in [-0.39, 0.29) is 0 Å². The molecule has 0 atom stereocenters. The number of nitrogens with zero attached hydrogens (tertiary/aromatic N) is 2. The van der Waals surface area contributed by atoms with Gasteiger partial charge in [0.25, 0.3) is 0 Å². The molecule has 1 aliphatic rings. The maximum absolute atomic E-state index is 11.2. The summed E-state index contributed by atoms with van der Waals surface area (Å²) < 4.78 is 0. The molecule has 23 heavy (non-hydrogen) atoms. The van der Waals surface area contributed by atoms with Gasteiger partial charge in [0.2, 0.25) is 0 Å². The molecule has 0 radical (unpaired) electrons. The fourth-order valence-corrected chi connectivity index (χ4v) is 2.97. The Balaban J connectivity index is 1.78. The van der Waals surface area contributed by atoms with E-state index in [9.17, 15) is 9.90 Å². The molecule has 0 fully saturated rings. The van der Waals surface area contributed by atoms with Crippen LogP contribution in [0.1, 0.15) is 21.5 Å². The number of rotatable bonds is 2. The molecule has 2 aromatic carbocycles. The van der Waals surface area contributed by atoms with Gasteiger partial charge >= 0.3 is 5.97 Å². The van der Waals surface area contributed by atoms with Gasteiger partial charge in [0.15, 0.2) is 0 Å². The first-order valence-electron chi connectivity index (χ1n) is 7.36. The summed E-state index contributed by atoms with van der Waals surface area (Å²) in [5.74, 6) is -0.898. The summed E-state index contributed by atoms with van der Waals surface area (Å²) in [4.78, 5) is 17.5. The van der Waals surface area contributed by atoms with E-state index in [4.69, 9.17) is 0 Å². The molecule has 0 aliphatic carbocycles. The van der Waals surface area contributed by atoms with Crippen LogP contribution >= 0.6 is 0 Å². The number of pyridine rings is 1. The molecule has 4 nitrogen and oxygen atoms in total. The second kappa shape index (κ2) is 5.25. The van der Waals surface area contributed by atoms with Crippen LogP contribution in [0.15, 0.2) is 61.1 Å². The van der Waals surface area contributed by atoms with E-state index in [0.717, 1.165) is 27.6 Å². The van der Waals surface area contributed by atoms with Gasteiger partial charge in [-0.05, 0) is 41.5 Å². The first-order chi connectivity index (χ1) is 11.2. The average molecular weight is 302 g/mol. The Morgan fingerprint density at radius 3 is 2.96 bits per heavy atom. The second-order valence-corrected chi connectivity index (χ2v) is 5.54. The van der Waals surface area contributed by atoms with Crippen molar-refractivity contribution in [1.29, 1.82) is 0 Å². The molecule has 0 bridgehead atoms. The largest absolute Gasteiger partial charge is 0.478 e. The quantitative estimate of drug-likeness (QED) is 0.779. The molecule has 112 valence electrons. The lowest BCUT2D eigenvalue weighted by Gasteiger charge is -2.26. The Labute approximate surface area is 133 Å². The molecular weight excluding hydrogens is 288 g/mol. The minimum Gasteiger partial charge on any atom is -0.478 e. The number of anilines is 1. The minimum atomic E-state index is -0.898. The number of carbonyl (C=O) groups is 1. The van der Waals surface area contributed by atoms with Crippen molar-refractivity contribution in [3.8, 4) is 0 Å². The van der Waals surface area contributed by atoms with Crippen LogP contribution in [0.25, 0.3) is 16.8 Å². The van der Waals surface area contributed by atoms with Crippen LogP contribution in [0.4, 0.5) is 5.69 Å². The van der Waals surface area contributed by atoms with Gasteiger partial charge in [-0.15, -0.1) is 0 Å². The highest BCUT2D eigenvalue weighted by atomic mass is 16.4. The minimum absolute atomic E-state index is 0.320.